The van der Waals surface area contributed by atoms with Crippen LogP contribution < -0.4 is 5.32 Å². The van der Waals surface area contributed by atoms with Crippen LogP contribution in [0.25, 0.3) is 0 Å². The lowest BCUT2D eigenvalue weighted by Gasteiger charge is -2.15. The molecule has 0 aromatic heterocycles. The summed E-state index contributed by atoms with van der Waals surface area (Å²) in [6.45, 7) is 0. The van der Waals surface area contributed by atoms with Gasteiger partial charge in [-0.3, -0.25) is 0 Å². The van der Waals surface area contributed by atoms with Gasteiger partial charge in [0, 0.05) is 10.2 Å². The number of benzene rings is 2. The van der Waals surface area contributed by atoms with Crippen LogP contribution in [0.4, 0.5) is 10.1 Å². The molecule has 0 fully saturated rings. The Balaban J connectivity index is 1.97. The first kappa shape index (κ1) is 13.6. The van der Waals surface area contributed by atoms with Crippen molar-refractivity contribution in [1.29, 1.82) is 0 Å². The van der Waals surface area contributed by atoms with Gasteiger partial charge in [-0.1, -0.05) is 18.2 Å². The van der Waals surface area contributed by atoms with Gasteiger partial charge in [0.15, 0.2) is 9.84 Å². The minimum absolute atomic E-state index is 0.0101. The highest BCUT2D eigenvalue weighted by Gasteiger charge is 2.34. The molecule has 1 aliphatic heterocycles. The van der Waals surface area contributed by atoms with E-state index < -0.39 is 9.84 Å². The third-order valence-electron chi connectivity index (χ3n) is 3.28. The number of sulfone groups is 1. The van der Waals surface area contributed by atoms with E-state index in [-0.39, 0.29) is 17.6 Å². The van der Waals surface area contributed by atoms with Crippen molar-refractivity contribution in [2.45, 2.75) is 10.9 Å². The molecule has 2 aromatic rings. The molecule has 104 valence electrons. The summed E-state index contributed by atoms with van der Waals surface area (Å²) in [5.74, 6) is -0.335. The number of fused-ring (bicyclic) bond motifs is 1. The number of anilines is 1. The van der Waals surface area contributed by atoms with Crippen LogP contribution in [0.1, 0.15) is 11.6 Å². The summed E-state index contributed by atoms with van der Waals surface area (Å²) in [5.41, 5.74) is 1.42. The first-order valence-corrected chi connectivity index (χ1v) is 8.45. The molecule has 3 rings (SSSR count). The summed E-state index contributed by atoms with van der Waals surface area (Å²) in [5, 5.41) is 3.16. The highest BCUT2D eigenvalue weighted by atomic mass is 79.9. The van der Waals surface area contributed by atoms with E-state index >= 15 is 0 Å². The highest BCUT2D eigenvalue weighted by molar-refractivity contribution is 9.10. The lowest BCUT2D eigenvalue weighted by Crippen LogP contribution is -2.13. The molecule has 1 aliphatic rings. The molecule has 0 bridgehead atoms. The second-order valence-corrected chi connectivity index (χ2v) is 7.50. The molecule has 20 heavy (non-hydrogen) atoms. The Hall–Kier alpha value is -1.40. The van der Waals surface area contributed by atoms with Crippen LogP contribution in [0.2, 0.25) is 0 Å². The molecule has 0 aliphatic carbocycles. The summed E-state index contributed by atoms with van der Waals surface area (Å²) in [6, 6.07) is 10.9. The van der Waals surface area contributed by atoms with E-state index in [9.17, 15) is 12.8 Å². The summed E-state index contributed by atoms with van der Waals surface area (Å²) in [6.07, 6.45) is 0. The maximum atomic E-state index is 13.1. The second-order valence-electron chi connectivity index (χ2n) is 4.64. The van der Waals surface area contributed by atoms with Crippen molar-refractivity contribution in [2.24, 2.45) is 0 Å². The van der Waals surface area contributed by atoms with Crippen LogP contribution in [-0.4, -0.2) is 14.2 Å². The number of nitrogens with one attached hydrogen (secondary N) is 1. The van der Waals surface area contributed by atoms with Gasteiger partial charge >= 0.3 is 0 Å². The molecule has 0 saturated carbocycles. The number of rotatable bonds is 2. The van der Waals surface area contributed by atoms with Crippen LogP contribution in [0.15, 0.2) is 51.8 Å². The molecule has 6 heteroatoms. The van der Waals surface area contributed by atoms with Crippen LogP contribution in [0.3, 0.4) is 0 Å². The molecule has 0 saturated heterocycles. The highest BCUT2D eigenvalue weighted by Crippen LogP contribution is 2.36. The molecule has 3 nitrogen and oxygen atoms in total. The van der Waals surface area contributed by atoms with Gasteiger partial charge in [0.2, 0.25) is 0 Å². The average Bonchev–Trinajstić information content (AvgIpc) is 2.65. The lowest BCUT2D eigenvalue weighted by molar-refractivity contribution is 0.598. The predicted octanol–water partition coefficient (Wildman–Crippen LogP) is 3.53. The van der Waals surface area contributed by atoms with Gasteiger partial charge in [0.1, 0.15) is 5.82 Å². The summed E-state index contributed by atoms with van der Waals surface area (Å²) in [4.78, 5) is 0.371. The first-order valence-electron chi connectivity index (χ1n) is 6.01. The normalized spacial score (nSPS) is 19.6. The zero-order valence-electron chi connectivity index (χ0n) is 10.3. The van der Waals surface area contributed by atoms with Crippen molar-refractivity contribution in [3.8, 4) is 0 Å². The standard InChI is InChI=1S/C14H11BrFNO2S/c15-11-7-9(16)5-6-12(11)17-13-8-20(18,19)14-4-2-1-3-10(13)14/h1-7,13,17H,8H2. The van der Waals surface area contributed by atoms with Crippen molar-refractivity contribution in [3.63, 3.8) is 0 Å². The predicted molar refractivity (Wildman–Crippen MR) is 79.0 cm³/mol. The minimum Gasteiger partial charge on any atom is -0.376 e. The monoisotopic (exact) mass is 355 g/mol. The third-order valence-corrected chi connectivity index (χ3v) is 5.75. The zero-order valence-corrected chi connectivity index (χ0v) is 12.7. The summed E-state index contributed by atoms with van der Waals surface area (Å²) in [7, 11) is -3.25. The molecule has 1 unspecified atom stereocenters. The number of hydrogen-bond acceptors (Lipinski definition) is 3. The van der Waals surface area contributed by atoms with Crippen molar-refractivity contribution >= 4 is 31.5 Å². The van der Waals surface area contributed by atoms with Crippen molar-refractivity contribution in [2.75, 3.05) is 11.1 Å². The summed E-state index contributed by atoms with van der Waals surface area (Å²) >= 11 is 3.27. The Morgan fingerprint density at radius 1 is 1.20 bits per heavy atom. The fourth-order valence-corrected chi connectivity index (χ4v) is 4.57. The molecule has 1 N–H and O–H groups in total. The zero-order chi connectivity index (χ0) is 14.3. The van der Waals surface area contributed by atoms with E-state index in [0.717, 1.165) is 5.56 Å². The Morgan fingerprint density at radius 2 is 1.95 bits per heavy atom. The molecule has 2 aromatic carbocycles. The lowest BCUT2D eigenvalue weighted by atomic mass is 10.1. The van der Waals surface area contributed by atoms with Gasteiger partial charge in [-0.15, -0.1) is 0 Å². The fraction of sp³-hybridized carbons (Fsp3) is 0.143. The van der Waals surface area contributed by atoms with Crippen LogP contribution in [-0.2, 0) is 9.84 Å². The fourth-order valence-electron chi connectivity index (χ4n) is 2.36. The van der Waals surface area contributed by atoms with E-state index in [0.29, 0.717) is 15.1 Å². The Kier molecular flexibility index (Phi) is 3.30. The Labute approximate surface area is 124 Å². The van der Waals surface area contributed by atoms with Gasteiger partial charge in [0.25, 0.3) is 0 Å². The van der Waals surface area contributed by atoms with E-state index in [1.54, 1.807) is 24.3 Å². The van der Waals surface area contributed by atoms with E-state index in [4.69, 9.17) is 0 Å². The maximum absolute atomic E-state index is 13.1. The molecular formula is C14H11BrFNO2S. The van der Waals surface area contributed by atoms with Crippen molar-refractivity contribution in [1.82, 2.24) is 0 Å². The minimum atomic E-state index is -3.25. The van der Waals surface area contributed by atoms with Gasteiger partial charge in [0.05, 0.1) is 16.7 Å². The largest absolute Gasteiger partial charge is 0.376 e. The molecule has 0 amide bonds. The quantitative estimate of drug-likeness (QED) is 0.896. The molecular weight excluding hydrogens is 345 g/mol. The number of hydrogen-bond donors (Lipinski definition) is 1. The SMILES string of the molecule is O=S1(=O)CC(Nc2ccc(F)cc2Br)c2ccccc21. The Bertz CT molecular complexity index is 776. The van der Waals surface area contributed by atoms with Crippen LogP contribution >= 0.6 is 15.9 Å². The van der Waals surface area contributed by atoms with Gasteiger partial charge in [-0.2, -0.15) is 0 Å². The van der Waals surface area contributed by atoms with Crippen molar-refractivity contribution < 1.29 is 12.8 Å². The summed E-state index contributed by atoms with van der Waals surface area (Å²) < 4.78 is 37.8. The third kappa shape index (κ3) is 2.33. The van der Waals surface area contributed by atoms with Crippen molar-refractivity contribution in [3.05, 3.63) is 58.3 Å². The van der Waals surface area contributed by atoms with E-state index in [2.05, 4.69) is 21.2 Å². The smallest absolute Gasteiger partial charge is 0.181 e. The van der Waals surface area contributed by atoms with Gasteiger partial charge in [-0.05, 0) is 45.8 Å². The molecule has 0 radical (unpaired) electrons. The topological polar surface area (TPSA) is 46.2 Å². The van der Waals surface area contributed by atoms with E-state index in [1.165, 1.54) is 12.1 Å². The van der Waals surface area contributed by atoms with Gasteiger partial charge < -0.3 is 5.32 Å². The number of halogens is 2. The maximum Gasteiger partial charge on any atom is 0.181 e. The second kappa shape index (κ2) is 4.86. The average molecular weight is 356 g/mol. The molecule has 1 atom stereocenters. The van der Waals surface area contributed by atoms with E-state index in [1.807, 2.05) is 6.07 Å². The van der Waals surface area contributed by atoms with Gasteiger partial charge in [-0.25, -0.2) is 12.8 Å². The molecule has 1 heterocycles. The molecule has 0 spiro atoms. The first-order chi connectivity index (χ1) is 9.47. The Morgan fingerprint density at radius 3 is 2.70 bits per heavy atom. The van der Waals surface area contributed by atoms with Crippen LogP contribution in [0.5, 0.6) is 0 Å². The van der Waals surface area contributed by atoms with Crippen LogP contribution in [0, 0.1) is 5.82 Å².